The van der Waals surface area contributed by atoms with E-state index in [1.54, 1.807) is 17.3 Å². The zero-order valence-corrected chi connectivity index (χ0v) is 25.0. The number of aromatic nitrogens is 1. The topological polar surface area (TPSA) is 80.8 Å². The lowest BCUT2D eigenvalue weighted by atomic mass is 9.87. The van der Waals surface area contributed by atoms with Crippen molar-refractivity contribution in [3.8, 4) is 0 Å². The first-order valence-electron chi connectivity index (χ1n) is 15.2. The monoisotopic (exact) mass is 567 g/mol. The summed E-state index contributed by atoms with van der Waals surface area (Å²) in [6, 6.07) is 17.0. The maximum atomic E-state index is 14.5. The molecular weight excluding hydrogens is 526 g/mol. The van der Waals surface area contributed by atoms with E-state index >= 15 is 0 Å². The Morgan fingerprint density at radius 3 is 2.57 bits per heavy atom. The molecule has 4 unspecified atom stereocenters. The van der Waals surface area contributed by atoms with Crippen LogP contribution in [-0.2, 0) is 30.9 Å². The number of benzene rings is 2. The summed E-state index contributed by atoms with van der Waals surface area (Å²) in [7, 11) is 0. The van der Waals surface area contributed by atoms with Gasteiger partial charge < -0.3 is 14.8 Å². The molecule has 2 saturated heterocycles. The van der Waals surface area contributed by atoms with Gasteiger partial charge in [0.1, 0.15) is 12.1 Å². The number of rotatable bonds is 6. The Kier molecular flexibility index (Phi) is 7.90. The Morgan fingerprint density at radius 2 is 1.83 bits per heavy atom. The quantitative estimate of drug-likeness (QED) is 0.389. The summed E-state index contributed by atoms with van der Waals surface area (Å²) in [6.45, 7) is 9.21. The number of fused-ring (bicyclic) bond motifs is 2. The maximum absolute atomic E-state index is 14.5. The molecular formula is C35H41N3O4. The molecule has 0 bridgehead atoms. The van der Waals surface area contributed by atoms with Gasteiger partial charge >= 0.3 is 0 Å². The second-order valence-electron chi connectivity index (χ2n) is 13.0. The molecule has 2 aromatic carbocycles. The predicted molar refractivity (Wildman–Crippen MR) is 162 cm³/mol. The highest BCUT2D eigenvalue weighted by molar-refractivity contribution is 6.03. The smallest absolute Gasteiger partial charge is 0.257 e. The number of hydrogen-bond acceptors (Lipinski definition) is 5. The van der Waals surface area contributed by atoms with E-state index in [2.05, 4.69) is 56.2 Å². The number of ether oxygens (including phenoxy) is 2. The van der Waals surface area contributed by atoms with Crippen LogP contribution in [0.3, 0.4) is 0 Å². The summed E-state index contributed by atoms with van der Waals surface area (Å²) >= 11 is 0. The highest BCUT2D eigenvalue weighted by atomic mass is 16.7. The summed E-state index contributed by atoms with van der Waals surface area (Å²) in [5.74, 6) is -0.156. The molecule has 2 aliphatic heterocycles. The molecule has 3 heterocycles. The van der Waals surface area contributed by atoms with E-state index in [0.29, 0.717) is 30.2 Å². The number of carbonyl (C=O) groups excluding carboxylic acids is 2. The number of nitrogens with one attached hydrogen (secondary N) is 1. The highest BCUT2D eigenvalue weighted by Crippen LogP contribution is 2.38. The molecule has 0 saturated carbocycles. The fraction of sp³-hybridized carbons (Fsp3) is 0.457. The van der Waals surface area contributed by atoms with Crippen molar-refractivity contribution in [1.29, 1.82) is 0 Å². The van der Waals surface area contributed by atoms with Gasteiger partial charge in [-0.15, -0.1) is 0 Å². The van der Waals surface area contributed by atoms with Gasteiger partial charge in [0.15, 0.2) is 6.29 Å². The number of amides is 2. The van der Waals surface area contributed by atoms with Gasteiger partial charge in [-0.25, -0.2) is 0 Å². The number of carbonyl (C=O) groups is 2. The van der Waals surface area contributed by atoms with Crippen LogP contribution in [0, 0.1) is 12.8 Å². The van der Waals surface area contributed by atoms with Crippen LogP contribution in [0.15, 0.2) is 67.0 Å². The van der Waals surface area contributed by atoms with E-state index in [9.17, 15) is 9.59 Å². The second-order valence-corrected chi connectivity index (χ2v) is 13.0. The molecule has 42 heavy (non-hydrogen) atoms. The molecule has 220 valence electrons. The van der Waals surface area contributed by atoms with E-state index in [-0.39, 0.29) is 29.6 Å². The van der Waals surface area contributed by atoms with Gasteiger partial charge in [0.05, 0.1) is 12.6 Å². The third-order valence-electron chi connectivity index (χ3n) is 8.98. The largest absolute Gasteiger partial charge is 0.352 e. The van der Waals surface area contributed by atoms with Crippen LogP contribution in [0.25, 0.3) is 0 Å². The Bertz CT molecular complexity index is 1430. The minimum absolute atomic E-state index is 0.0526. The van der Waals surface area contributed by atoms with Crippen molar-refractivity contribution < 1.29 is 19.1 Å². The lowest BCUT2D eigenvalue weighted by molar-refractivity contribution is -0.190. The van der Waals surface area contributed by atoms with Crippen LogP contribution in [-0.4, -0.2) is 35.8 Å². The van der Waals surface area contributed by atoms with Gasteiger partial charge in [-0.1, -0.05) is 62.7 Å². The molecule has 7 nitrogen and oxygen atoms in total. The normalized spacial score (nSPS) is 24.0. The number of aryl methyl sites for hydroxylation is 2. The number of anilines is 1. The van der Waals surface area contributed by atoms with Crippen LogP contribution in [0.1, 0.15) is 86.4 Å². The lowest BCUT2D eigenvalue weighted by Crippen LogP contribution is -2.51. The van der Waals surface area contributed by atoms with Gasteiger partial charge in [-0.3, -0.25) is 19.5 Å². The Labute approximate surface area is 248 Å². The first-order chi connectivity index (χ1) is 20.2. The summed E-state index contributed by atoms with van der Waals surface area (Å²) < 4.78 is 12.1. The summed E-state index contributed by atoms with van der Waals surface area (Å²) in [6.07, 6.45) is 6.43. The van der Waals surface area contributed by atoms with Crippen molar-refractivity contribution in [2.75, 3.05) is 11.5 Å². The Hall–Kier alpha value is -3.55. The fourth-order valence-corrected chi connectivity index (χ4v) is 6.60. The van der Waals surface area contributed by atoms with Crippen LogP contribution in [0.2, 0.25) is 0 Å². The van der Waals surface area contributed by atoms with Gasteiger partial charge in [0, 0.05) is 29.6 Å². The molecule has 5 atom stereocenters. The van der Waals surface area contributed by atoms with Crippen molar-refractivity contribution in [2.24, 2.45) is 5.92 Å². The Balaban J connectivity index is 1.38. The first kappa shape index (κ1) is 28.6. The van der Waals surface area contributed by atoms with E-state index in [1.807, 2.05) is 36.4 Å². The third-order valence-corrected chi connectivity index (χ3v) is 8.98. The van der Waals surface area contributed by atoms with Gasteiger partial charge in [-0.05, 0) is 79.3 Å². The minimum Gasteiger partial charge on any atom is -0.352 e. The molecule has 1 N–H and O–H groups in total. The fourth-order valence-electron chi connectivity index (χ4n) is 6.60. The Morgan fingerprint density at radius 1 is 1.02 bits per heavy atom. The van der Waals surface area contributed by atoms with Gasteiger partial charge in [0.2, 0.25) is 5.91 Å². The first-order valence-corrected chi connectivity index (χ1v) is 15.2. The molecule has 2 amide bonds. The maximum Gasteiger partial charge on any atom is 0.257 e. The molecule has 6 rings (SSSR count). The molecule has 0 spiro atoms. The van der Waals surface area contributed by atoms with Gasteiger partial charge in [0.25, 0.3) is 5.91 Å². The van der Waals surface area contributed by atoms with Crippen molar-refractivity contribution in [3.05, 3.63) is 94.8 Å². The third kappa shape index (κ3) is 5.72. The van der Waals surface area contributed by atoms with E-state index in [1.165, 1.54) is 11.1 Å². The van der Waals surface area contributed by atoms with E-state index in [4.69, 9.17) is 9.47 Å². The minimum atomic E-state index is -0.924. The zero-order valence-electron chi connectivity index (χ0n) is 25.0. The molecule has 1 aliphatic carbocycles. The summed E-state index contributed by atoms with van der Waals surface area (Å²) in [5.41, 5.74) is 6.02. The standard InChI is InChI=1S/C35H41N3O4/c1-22-7-14-28-24(20-22)8-15-29(28)37-32(39)31(25-6-5-18-36-21-25)38(27-12-10-26(11-13-27)35(2,3)4)33(40)30-16-9-23-17-19-41-34(23)42-30/h5-7,10-14,18,20-21,23,29-31,34H,8-9,15-17,19H2,1-4H3,(H,37,39)/t23?,29-,30?,31?,34?/m0/s1. The van der Waals surface area contributed by atoms with Gasteiger partial charge in [-0.2, -0.15) is 0 Å². The predicted octanol–water partition coefficient (Wildman–Crippen LogP) is 6.11. The van der Waals surface area contributed by atoms with Crippen LogP contribution in [0.5, 0.6) is 0 Å². The average Bonchev–Trinajstić information content (AvgIpc) is 3.61. The van der Waals surface area contributed by atoms with Crippen molar-refractivity contribution in [3.63, 3.8) is 0 Å². The van der Waals surface area contributed by atoms with Crippen LogP contribution < -0.4 is 10.2 Å². The zero-order chi connectivity index (χ0) is 29.4. The van der Waals surface area contributed by atoms with Crippen LogP contribution >= 0.6 is 0 Å². The van der Waals surface area contributed by atoms with Crippen molar-refractivity contribution in [2.45, 2.75) is 89.7 Å². The highest BCUT2D eigenvalue weighted by Gasteiger charge is 2.43. The molecule has 3 aliphatic rings. The van der Waals surface area contributed by atoms with Crippen molar-refractivity contribution in [1.82, 2.24) is 10.3 Å². The number of hydrogen-bond donors (Lipinski definition) is 1. The molecule has 0 radical (unpaired) electrons. The molecule has 1 aromatic heterocycles. The number of nitrogens with zero attached hydrogens (tertiary/aromatic N) is 2. The second kappa shape index (κ2) is 11.6. The van der Waals surface area contributed by atoms with Crippen LogP contribution in [0.4, 0.5) is 5.69 Å². The molecule has 7 heteroatoms. The SMILES string of the molecule is Cc1ccc2c(c1)CC[C@@H]2NC(=O)C(c1cccnc1)N(C(=O)C1CCC2CCOC2O1)c1ccc(C(C)(C)C)cc1. The average molecular weight is 568 g/mol. The number of pyridine rings is 1. The van der Waals surface area contributed by atoms with E-state index < -0.39 is 12.1 Å². The molecule has 2 fully saturated rings. The lowest BCUT2D eigenvalue weighted by Gasteiger charge is -2.37. The summed E-state index contributed by atoms with van der Waals surface area (Å²) in [4.78, 5) is 34.9. The van der Waals surface area contributed by atoms with Crippen molar-refractivity contribution >= 4 is 17.5 Å². The summed E-state index contributed by atoms with van der Waals surface area (Å²) in [5, 5.41) is 3.31. The van der Waals surface area contributed by atoms with E-state index in [0.717, 1.165) is 36.8 Å². The molecule has 3 aromatic rings.